The Hall–Kier alpha value is -1.84. The second kappa shape index (κ2) is 7.25. The fourth-order valence-corrected chi connectivity index (χ4v) is 2.54. The van der Waals surface area contributed by atoms with Gasteiger partial charge in [-0.05, 0) is 18.2 Å². The summed E-state index contributed by atoms with van der Waals surface area (Å²) >= 11 is 0. The maximum absolute atomic E-state index is 11.7. The van der Waals surface area contributed by atoms with E-state index in [0.717, 1.165) is 0 Å². The molecule has 0 heterocycles. The van der Waals surface area contributed by atoms with Crippen LogP contribution in [-0.2, 0) is 19.6 Å². The number of ether oxygens (including phenoxy) is 1. The zero-order valence-electron chi connectivity index (χ0n) is 12.0. The number of anilines is 2. The van der Waals surface area contributed by atoms with E-state index in [-0.39, 0.29) is 23.0 Å². The van der Waals surface area contributed by atoms with Gasteiger partial charge in [-0.25, -0.2) is 13.6 Å². The Kier molecular flexibility index (Phi) is 5.94. The molecule has 0 saturated heterocycles. The molecule has 5 N–H and O–H groups in total. The number of amides is 1. The van der Waals surface area contributed by atoms with Crippen LogP contribution in [0.4, 0.5) is 11.4 Å². The van der Waals surface area contributed by atoms with Gasteiger partial charge in [0.05, 0.1) is 18.8 Å². The molecule has 8 nitrogen and oxygen atoms in total. The number of rotatable bonds is 7. The van der Waals surface area contributed by atoms with E-state index in [0.29, 0.717) is 18.8 Å². The summed E-state index contributed by atoms with van der Waals surface area (Å²) in [5.41, 5.74) is 6.17. The predicted molar refractivity (Wildman–Crippen MR) is 80.4 cm³/mol. The van der Waals surface area contributed by atoms with Crippen molar-refractivity contribution < 1.29 is 17.9 Å². The molecule has 0 saturated carbocycles. The van der Waals surface area contributed by atoms with Crippen molar-refractivity contribution in [2.75, 3.05) is 44.5 Å². The summed E-state index contributed by atoms with van der Waals surface area (Å²) in [5.74, 6) is -0.258. The number of hydrogen-bond acceptors (Lipinski definition) is 6. The smallest absolute Gasteiger partial charge is 0.240 e. The van der Waals surface area contributed by atoms with Gasteiger partial charge in [-0.15, -0.1) is 0 Å². The van der Waals surface area contributed by atoms with Gasteiger partial charge in [0.25, 0.3) is 0 Å². The van der Waals surface area contributed by atoms with Crippen molar-refractivity contribution in [3.63, 3.8) is 0 Å². The van der Waals surface area contributed by atoms with Gasteiger partial charge in [0, 0.05) is 26.4 Å². The minimum absolute atomic E-state index is 0.0177. The van der Waals surface area contributed by atoms with Gasteiger partial charge >= 0.3 is 0 Å². The van der Waals surface area contributed by atoms with Gasteiger partial charge in [0.15, 0.2) is 0 Å². The van der Waals surface area contributed by atoms with Crippen molar-refractivity contribution >= 4 is 27.3 Å². The topological polar surface area (TPSA) is 128 Å². The summed E-state index contributed by atoms with van der Waals surface area (Å²) in [6.45, 7) is 0.767. The van der Waals surface area contributed by atoms with E-state index in [4.69, 9.17) is 15.6 Å². The normalized spacial score (nSPS) is 11.2. The number of methoxy groups -OCH3 is 1. The van der Waals surface area contributed by atoms with E-state index >= 15 is 0 Å². The third-order valence-electron chi connectivity index (χ3n) is 2.71. The Morgan fingerprint density at radius 1 is 1.43 bits per heavy atom. The maximum Gasteiger partial charge on any atom is 0.240 e. The van der Waals surface area contributed by atoms with Crippen molar-refractivity contribution in [3.05, 3.63) is 18.2 Å². The highest BCUT2D eigenvalue weighted by Gasteiger charge is 2.18. The molecule has 0 aliphatic carbocycles. The van der Waals surface area contributed by atoms with Gasteiger partial charge in [0.1, 0.15) is 4.90 Å². The standard InChI is InChI=1S/C12H20N4O4S/c1-16(8-12(17)15-5-6-20-2)10-4-3-9(13)7-11(10)21(14,18)19/h3-4,7H,5-6,8,13H2,1-2H3,(H,15,17)(H2,14,18,19). The number of nitrogens with two attached hydrogens (primary N) is 2. The van der Waals surface area contributed by atoms with Crippen LogP contribution in [0.2, 0.25) is 0 Å². The van der Waals surface area contributed by atoms with E-state index in [2.05, 4.69) is 5.32 Å². The minimum Gasteiger partial charge on any atom is -0.399 e. The average Bonchev–Trinajstić information content (AvgIpc) is 2.37. The number of hydrogen-bond donors (Lipinski definition) is 3. The van der Waals surface area contributed by atoms with Crippen LogP contribution in [0.15, 0.2) is 23.1 Å². The highest BCUT2D eigenvalue weighted by molar-refractivity contribution is 7.89. The lowest BCUT2D eigenvalue weighted by Crippen LogP contribution is -2.37. The Balaban J connectivity index is 2.88. The number of nitrogen functional groups attached to an aromatic ring is 1. The molecule has 0 bridgehead atoms. The molecule has 0 aliphatic rings. The zero-order valence-corrected chi connectivity index (χ0v) is 12.8. The fourth-order valence-electron chi connectivity index (χ4n) is 1.72. The molecular formula is C12H20N4O4S. The molecule has 0 fully saturated rings. The van der Waals surface area contributed by atoms with Crippen molar-refractivity contribution in [2.45, 2.75) is 4.90 Å². The van der Waals surface area contributed by atoms with Gasteiger partial charge in [-0.2, -0.15) is 0 Å². The lowest BCUT2D eigenvalue weighted by Gasteiger charge is -2.21. The molecule has 0 spiro atoms. The monoisotopic (exact) mass is 316 g/mol. The molecule has 1 rings (SSSR count). The van der Waals surface area contributed by atoms with Crippen molar-refractivity contribution in [1.29, 1.82) is 0 Å². The van der Waals surface area contributed by atoms with E-state index in [1.807, 2.05) is 0 Å². The Bertz CT molecular complexity index is 603. The number of nitrogens with zero attached hydrogens (tertiary/aromatic N) is 1. The van der Waals surface area contributed by atoms with Crippen LogP contribution in [0, 0.1) is 0 Å². The largest absolute Gasteiger partial charge is 0.399 e. The summed E-state index contributed by atoms with van der Waals surface area (Å²) in [6.07, 6.45) is 0. The molecular weight excluding hydrogens is 296 g/mol. The molecule has 0 aromatic heterocycles. The average molecular weight is 316 g/mol. The third kappa shape index (κ3) is 5.21. The van der Waals surface area contributed by atoms with E-state index < -0.39 is 10.0 Å². The lowest BCUT2D eigenvalue weighted by atomic mass is 10.2. The molecule has 1 amide bonds. The first-order chi connectivity index (χ1) is 9.75. The van der Waals surface area contributed by atoms with Crippen LogP contribution < -0.4 is 21.1 Å². The van der Waals surface area contributed by atoms with Gasteiger partial charge < -0.3 is 20.7 Å². The molecule has 1 aromatic rings. The van der Waals surface area contributed by atoms with Gasteiger partial charge in [0.2, 0.25) is 15.9 Å². The second-order valence-electron chi connectivity index (χ2n) is 4.47. The van der Waals surface area contributed by atoms with E-state index in [1.165, 1.54) is 24.1 Å². The Morgan fingerprint density at radius 3 is 2.67 bits per heavy atom. The molecule has 118 valence electrons. The first-order valence-corrected chi connectivity index (χ1v) is 7.69. The highest BCUT2D eigenvalue weighted by atomic mass is 32.2. The van der Waals surface area contributed by atoms with Crippen LogP contribution in [0.5, 0.6) is 0 Å². The van der Waals surface area contributed by atoms with Crippen molar-refractivity contribution in [2.24, 2.45) is 5.14 Å². The SMILES string of the molecule is COCCNC(=O)CN(C)c1ccc(N)cc1S(N)(=O)=O. The first-order valence-electron chi connectivity index (χ1n) is 6.15. The molecule has 1 aromatic carbocycles. The van der Waals surface area contributed by atoms with Crippen LogP contribution >= 0.6 is 0 Å². The van der Waals surface area contributed by atoms with Crippen molar-refractivity contribution in [3.8, 4) is 0 Å². The molecule has 9 heteroatoms. The molecule has 0 atom stereocenters. The summed E-state index contributed by atoms with van der Waals surface area (Å²) in [4.78, 5) is 13.1. The maximum atomic E-state index is 11.7. The molecule has 21 heavy (non-hydrogen) atoms. The summed E-state index contributed by atoms with van der Waals surface area (Å²) in [7, 11) is -0.805. The van der Waals surface area contributed by atoms with Crippen LogP contribution in [0.1, 0.15) is 0 Å². The number of likely N-dealkylation sites (N-methyl/N-ethyl adjacent to an activating group) is 1. The number of benzene rings is 1. The lowest BCUT2D eigenvalue weighted by molar-refractivity contribution is -0.119. The number of primary sulfonamides is 1. The van der Waals surface area contributed by atoms with E-state index in [1.54, 1.807) is 13.1 Å². The number of carbonyl (C=O) groups is 1. The highest BCUT2D eigenvalue weighted by Crippen LogP contribution is 2.25. The molecule has 0 radical (unpaired) electrons. The quantitative estimate of drug-likeness (QED) is 0.442. The minimum atomic E-state index is -3.93. The number of carbonyl (C=O) groups excluding carboxylic acids is 1. The molecule has 0 aliphatic heterocycles. The molecule has 0 unspecified atom stereocenters. The fraction of sp³-hybridized carbons (Fsp3) is 0.417. The zero-order chi connectivity index (χ0) is 16.0. The summed E-state index contributed by atoms with van der Waals surface area (Å²) < 4.78 is 28.0. The van der Waals surface area contributed by atoms with Crippen LogP contribution in [0.3, 0.4) is 0 Å². The van der Waals surface area contributed by atoms with Crippen LogP contribution in [0.25, 0.3) is 0 Å². The first kappa shape index (κ1) is 17.2. The second-order valence-corrected chi connectivity index (χ2v) is 6.00. The van der Waals surface area contributed by atoms with Gasteiger partial charge in [-0.1, -0.05) is 0 Å². The summed E-state index contributed by atoms with van der Waals surface area (Å²) in [6, 6.07) is 4.32. The number of nitrogens with one attached hydrogen (secondary N) is 1. The third-order valence-corrected chi connectivity index (χ3v) is 3.65. The van der Waals surface area contributed by atoms with E-state index in [9.17, 15) is 13.2 Å². The number of sulfonamides is 1. The van der Waals surface area contributed by atoms with Crippen molar-refractivity contribution in [1.82, 2.24) is 5.32 Å². The van der Waals surface area contributed by atoms with Crippen LogP contribution in [-0.4, -0.2) is 48.2 Å². The predicted octanol–water partition coefficient (Wildman–Crippen LogP) is -0.885. The van der Waals surface area contributed by atoms with Gasteiger partial charge in [-0.3, -0.25) is 4.79 Å². The Labute approximate surface area is 124 Å². The summed E-state index contributed by atoms with van der Waals surface area (Å²) in [5, 5.41) is 7.81. The Morgan fingerprint density at radius 2 is 2.10 bits per heavy atom.